The van der Waals surface area contributed by atoms with E-state index < -0.39 is 10.0 Å². The van der Waals surface area contributed by atoms with Crippen molar-refractivity contribution in [3.8, 4) is 11.5 Å². The first-order valence-electron chi connectivity index (χ1n) is 7.50. The molecule has 0 saturated heterocycles. The summed E-state index contributed by atoms with van der Waals surface area (Å²) in [7, 11) is -3.68. The second kappa shape index (κ2) is 6.13. The van der Waals surface area contributed by atoms with E-state index in [0.717, 1.165) is 11.3 Å². The molecule has 3 rings (SSSR count). The lowest BCUT2D eigenvalue weighted by Crippen LogP contribution is -2.13. The lowest BCUT2D eigenvalue weighted by atomic mass is 10.2. The first-order chi connectivity index (χ1) is 11.4. The number of benzene rings is 2. The molecule has 0 aliphatic carbocycles. The molecule has 0 saturated carbocycles. The molecule has 1 aromatic heterocycles. The highest BCUT2D eigenvalue weighted by Gasteiger charge is 2.18. The van der Waals surface area contributed by atoms with Crippen LogP contribution >= 0.6 is 0 Å². The van der Waals surface area contributed by atoms with E-state index in [4.69, 9.17) is 4.42 Å². The third-order valence-corrected chi connectivity index (χ3v) is 5.14. The van der Waals surface area contributed by atoms with Crippen molar-refractivity contribution in [2.24, 2.45) is 0 Å². The van der Waals surface area contributed by atoms with E-state index in [1.807, 2.05) is 26.8 Å². The van der Waals surface area contributed by atoms with Gasteiger partial charge in [0.25, 0.3) is 10.0 Å². The Morgan fingerprint density at radius 3 is 2.25 bits per heavy atom. The SMILES string of the molecule is Cc1ccc(S(=O)(=O)Nc2ccccc2-c2nc(C)c(C)o2)cc1. The van der Waals surface area contributed by atoms with Crippen LogP contribution in [0.15, 0.2) is 57.8 Å². The zero-order chi connectivity index (χ0) is 17.3. The quantitative estimate of drug-likeness (QED) is 0.776. The molecule has 0 unspecified atom stereocenters. The van der Waals surface area contributed by atoms with Crippen LogP contribution in [0.1, 0.15) is 17.0 Å². The highest BCUT2D eigenvalue weighted by atomic mass is 32.2. The standard InChI is InChI=1S/C18H18N2O3S/c1-12-8-10-15(11-9-12)24(21,22)20-17-7-5-4-6-16(17)18-19-13(2)14(3)23-18/h4-11,20H,1-3H3. The molecule has 0 fully saturated rings. The first kappa shape index (κ1) is 16.3. The lowest BCUT2D eigenvalue weighted by molar-refractivity contribution is 0.541. The van der Waals surface area contributed by atoms with Gasteiger partial charge in [-0.2, -0.15) is 0 Å². The highest BCUT2D eigenvalue weighted by Crippen LogP contribution is 2.30. The second-order valence-electron chi connectivity index (χ2n) is 5.62. The zero-order valence-corrected chi connectivity index (χ0v) is 14.5. The Balaban J connectivity index is 2.00. The maximum absolute atomic E-state index is 12.6. The number of nitrogens with one attached hydrogen (secondary N) is 1. The Labute approximate surface area is 141 Å². The molecule has 0 atom stereocenters. The number of aromatic nitrogens is 1. The number of rotatable bonds is 4. The molecule has 2 aromatic carbocycles. The number of sulfonamides is 1. The summed E-state index contributed by atoms with van der Waals surface area (Å²) in [5.41, 5.74) is 2.81. The van der Waals surface area contributed by atoms with Gasteiger partial charge < -0.3 is 4.42 Å². The van der Waals surface area contributed by atoms with Gasteiger partial charge in [-0.25, -0.2) is 13.4 Å². The average molecular weight is 342 g/mol. The maximum atomic E-state index is 12.6. The van der Waals surface area contributed by atoms with E-state index in [2.05, 4.69) is 9.71 Å². The molecule has 5 nitrogen and oxygen atoms in total. The van der Waals surface area contributed by atoms with Gasteiger partial charge in [0.2, 0.25) is 5.89 Å². The smallest absolute Gasteiger partial charge is 0.261 e. The van der Waals surface area contributed by atoms with Gasteiger partial charge in [-0.1, -0.05) is 29.8 Å². The van der Waals surface area contributed by atoms with Gasteiger partial charge in [-0.3, -0.25) is 4.72 Å². The van der Waals surface area contributed by atoms with Crippen LogP contribution < -0.4 is 4.72 Å². The summed E-state index contributed by atoms with van der Waals surface area (Å²) in [5, 5.41) is 0. The van der Waals surface area contributed by atoms with Gasteiger partial charge >= 0.3 is 0 Å². The number of hydrogen-bond acceptors (Lipinski definition) is 4. The van der Waals surface area contributed by atoms with Crippen molar-refractivity contribution < 1.29 is 12.8 Å². The summed E-state index contributed by atoms with van der Waals surface area (Å²) < 4.78 is 33.5. The third kappa shape index (κ3) is 3.19. The minimum Gasteiger partial charge on any atom is -0.441 e. The predicted molar refractivity (Wildman–Crippen MR) is 93.4 cm³/mol. The Bertz CT molecular complexity index is 954. The summed E-state index contributed by atoms with van der Waals surface area (Å²) in [6.07, 6.45) is 0. The number of para-hydroxylation sites is 1. The van der Waals surface area contributed by atoms with Gasteiger partial charge in [0.15, 0.2) is 0 Å². The Hall–Kier alpha value is -2.60. The maximum Gasteiger partial charge on any atom is 0.261 e. The Morgan fingerprint density at radius 2 is 1.62 bits per heavy atom. The molecule has 1 heterocycles. The summed E-state index contributed by atoms with van der Waals surface area (Å²) in [6, 6.07) is 13.7. The molecule has 0 aliphatic rings. The monoisotopic (exact) mass is 342 g/mol. The largest absolute Gasteiger partial charge is 0.441 e. The van der Waals surface area contributed by atoms with Crippen molar-refractivity contribution >= 4 is 15.7 Å². The minimum absolute atomic E-state index is 0.211. The number of oxazole rings is 1. The number of anilines is 1. The number of hydrogen-bond donors (Lipinski definition) is 1. The zero-order valence-electron chi connectivity index (χ0n) is 13.7. The fourth-order valence-corrected chi connectivity index (χ4v) is 3.35. The first-order valence-corrected chi connectivity index (χ1v) is 8.98. The van der Waals surface area contributed by atoms with E-state index in [1.165, 1.54) is 0 Å². The normalized spacial score (nSPS) is 11.5. The van der Waals surface area contributed by atoms with E-state index in [1.54, 1.807) is 42.5 Å². The Kier molecular flexibility index (Phi) is 4.15. The number of nitrogens with zero attached hydrogens (tertiary/aromatic N) is 1. The minimum atomic E-state index is -3.68. The van der Waals surface area contributed by atoms with Crippen molar-refractivity contribution in [2.75, 3.05) is 4.72 Å². The Morgan fingerprint density at radius 1 is 0.958 bits per heavy atom. The summed E-state index contributed by atoms with van der Waals surface area (Å²) in [5.74, 6) is 1.11. The molecular weight excluding hydrogens is 324 g/mol. The summed E-state index contributed by atoms with van der Waals surface area (Å²) in [6.45, 7) is 5.58. The molecule has 24 heavy (non-hydrogen) atoms. The molecule has 124 valence electrons. The van der Waals surface area contributed by atoms with Crippen molar-refractivity contribution in [2.45, 2.75) is 25.7 Å². The molecular formula is C18H18N2O3S. The van der Waals surface area contributed by atoms with Crippen molar-refractivity contribution in [1.29, 1.82) is 0 Å². The van der Waals surface area contributed by atoms with Crippen molar-refractivity contribution in [3.05, 3.63) is 65.5 Å². The summed E-state index contributed by atoms with van der Waals surface area (Å²) in [4.78, 5) is 4.56. The van der Waals surface area contributed by atoms with E-state index in [0.29, 0.717) is 22.9 Å². The highest BCUT2D eigenvalue weighted by molar-refractivity contribution is 7.92. The molecule has 0 spiro atoms. The molecule has 0 radical (unpaired) electrons. The molecule has 0 amide bonds. The molecule has 6 heteroatoms. The fraction of sp³-hybridized carbons (Fsp3) is 0.167. The molecule has 0 bridgehead atoms. The molecule has 0 aliphatic heterocycles. The van der Waals surface area contributed by atoms with Crippen LogP contribution in [-0.2, 0) is 10.0 Å². The van der Waals surface area contributed by atoms with Gasteiger partial charge in [-0.15, -0.1) is 0 Å². The number of aryl methyl sites for hydroxylation is 3. The van der Waals surface area contributed by atoms with Crippen LogP contribution in [0.25, 0.3) is 11.5 Å². The van der Waals surface area contributed by atoms with Crippen LogP contribution in [0.4, 0.5) is 5.69 Å². The average Bonchev–Trinajstić information content (AvgIpc) is 2.87. The summed E-state index contributed by atoms with van der Waals surface area (Å²) >= 11 is 0. The van der Waals surface area contributed by atoms with Crippen LogP contribution in [0.3, 0.4) is 0 Å². The topological polar surface area (TPSA) is 72.2 Å². The second-order valence-corrected chi connectivity index (χ2v) is 7.31. The van der Waals surface area contributed by atoms with Crippen LogP contribution in [0, 0.1) is 20.8 Å². The predicted octanol–water partition coefficient (Wildman–Crippen LogP) is 4.07. The van der Waals surface area contributed by atoms with Crippen molar-refractivity contribution in [3.63, 3.8) is 0 Å². The van der Waals surface area contributed by atoms with Crippen LogP contribution in [0.5, 0.6) is 0 Å². The lowest BCUT2D eigenvalue weighted by Gasteiger charge is -2.11. The molecule has 1 N–H and O–H groups in total. The molecule has 3 aromatic rings. The van der Waals surface area contributed by atoms with Crippen molar-refractivity contribution in [1.82, 2.24) is 4.98 Å². The van der Waals surface area contributed by atoms with E-state index in [-0.39, 0.29) is 4.90 Å². The van der Waals surface area contributed by atoms with Gasteiger partial charge in [-0.05, 0) is 45.0 Å². The van der Waals surface area contributed by atoms with E-state index in [9.17, 15) is 8.42 Å². The third-order valence-electron chi connectivity index (χ3n) is 3.76. The van der Waals surface area contributed by atoms with Crippen LogP contribution in [0.2, 0.25) is 0 Å². The van der Waals surface area contributed by atoms with Gasteiger partial charge in [0.05, 0.1) is 21.8 Å². The van der Waals surface area contributed by atoms with Gasteiger partial charge in [0.1, 0.15) is 5.76 Å². The van der Waals surface area contributed by atoms with Crippen LogP contribution in [-0.4, -0.2) is 13.4 Å². The van der Waals surface area contributed by atoms with Gasteiger partial charge in [0, 0.05) is 0 Å². The fourth-order valence-electron chi connectivity index (χ4n) is 2.27. The van der Waals surface area contributed by atoms with E-state index >= 15 is 0 Å².